The van der Waals surface area contributed by atoms with E-state index in [1.165, 1.54) is 110 Å². The van der Waals surface area contributed by atoms with Crippen LogP contribution in [0.4, 0.5) is 109 Å². The van der Waals surface area contributed by atoms with E-state index in [2.05, 4.69) is 35.9 Å². The molecule has 0 unspecified atom stereocenters. The zero-order valence-electron chi connectivity index (χ0n) is 75.0. The van der Waals surface area contributed by atoms with Crippen LogP contribution >= 0.6 is 0 Å². The van der Waals surface area contributed by atoms with Crippen LogP contribution in [-0.4, -0.2) is 179 Å². The lowest BCUT2D eigenvalue weighted by Crippen LogP contribution is -2.53. The molecule has 2 saturated heterocycles. The molecule has 0 saturated carbocycles. The Balaban J connectivity index is 0.000000187. The molecular weight excluding hydrogens is 1890 g/mol. The number of alkyl halides is 15. The molecule has 3 aromatic carbocycles. The molecule has 139 heavy (non-hydrogen) atoms. The van der Waals surface area contributed by atoms with Gasteiger partial charge in [0.15, 0.2) is 17.3 Å². The number of imidazole rings is 3. The van der Waals surface area contributed by atoms with E-state index in [1.54, 1.807) is 49.7 Å². The second-order valence-electron chi connectivity index (χ2n) is 32.6. The number of hydrogen-bond acceptors (Lipinski definition) is 18. The Morgan fingerprint density at radius 2 is 0.827 bits per heavy atom. The van der Waals surface area contributed by atoms with Gasteiger partial charge in [-0.15, -0.1) is 0 Å². The van der Waals surface area contributed by atoms with Gasteiger partial charge in [-0.1, -0.05) is 6.92 Å². The summed E-state index contributed by atoms with van der Waals surface area (Å²) >= 11 is 0. The quantitative estimate of drug-likeness (QED) is 0.0409. The zero-order chi connectivity index (χ0) is 102. The van der Waals surface area contributed by atoms with Crippen molar-refractivity contribution in [2.75, 3.05) is 61.7 Å². The molecule has 9 aromatic heterocycles. The molecule has 0 aliphatic carbocycles. The number of fused-ring (bicyclic) bond motifs is 3. The molecular formula is C92H84F21N15O11. The number of Topliss-reactive ketones (excluding diaryl/α,β-unsaturated/α-hetero) is 3. The monoisotopic (exact) mass is 1970 g/mol. The van der Waals surface area contributed by atoms with Crippen molar-refractivity contribution in [2.24, 2.45) is 14.1 Å². The van der Waals surface area contributed by atoms with E-state index in [1.807, 2.05) is 5.32 Å². The number of hydrogen-bond donors (Lipinski definition) is 4. The fourth-order valence-corrected chi connectivity index (χ4v) is 15.9. The van der Waals surface area contributed by atoms with Crippen LogP contribution in [0.1, 0.15) is 116 Å². The number of carbonyl (C=O) groups is 6. The van der Waals surface area contributed by atoms with Gasteiger partial charge in [-0.25, -0.2) is 41.3 Å². The molecule has 12 aromatic rings. The molecule has 26 nitrogen and oxygen atoms in total. The van der Waals surface area contributed by atoms with Gasteiger partial charge in [-0.05, 0) is 145 Å². The summed E-state index contributed by atoms with van der Waals surface area (Å²) in [6, 6.07) is 5.25. The number of rotatable bonds is 24. The topological polar surface area (TPSA) is 293 Å². The Morgan fingerprint density at radius 1 is 0.475 bits per heavy atom. The van der Waals surface area contributed by atoms with Crippen LogP contribution in [0.2, 0.25) is 0 Å². The van der Waals surface area contributed by atoms with Crippen LogP contribution < -0.4 is 46.9 Å². The average Bonchev–Trinajstić information content (AvgIpc) is 1.50. The molecule has 0 radical (unpaired) electrons. The SMILES string of the molecule is CC(=O)[C@H](Cc1ccc(-c2c(C(F)(F)F)cc(C)n(C)c2=O)c2nccn12)NC(=O)c1c(F)cc(N2CCOC[C@@H]2C(F)(F)F)cc1F.CC[C@@H](Nc1cc(F)c(C(=O)N[C@@H](Cc2ccc(-c3nc(C)c(C)cc3C(F)(F)F)c3nccn23)C(C)=O)c(F)c1)C(F)(F)F.COc1cc(C)n(C)c(=O)c1-c1ccc(C[C@H](NC(=O)c2c(F)cc(N3CCOC[C@@H]3C(F)(F)F)cc2F)C(C)=O)n2ccnc12. The molecule has 0 spiro atoms. The van der Waals surface area contributed by atoms with E-state index in [9.17, 15) is 113 Å². The highest BCUT2D eigenvalue weighted by molar-refractivity contribution is 6.00. The third-order valence-corrected chi connectivity index (χ3v) is 23.5. The smallest absolute Gasteiger partial charge is 0.418 e. The highest BCUT2D eigenvalue weighted by Gasteiger charge is 2.49. The number of aromatic nitrogens is 9. The van der Waals surface area contributed by atoms with Gasteiger partial charge in [0, 0.05) is 158 Å². The van der Waals surface area contributed by atoms with Crippen LogP contribution in [-0.2, 0) is 69.6 Å². The fourth-order valence-electron chi connectivity index (χ4n) is 15.9. The van der Waals surface area contributed by atoms with Crippen molar-refractivity contribution in [3.8, 4) is 39.3 Å². The van der Waals surface area contributed by atoms with Gasteiger partial charge in [0.05, 0.1) is 79.6 Å². The molecule has 14 rings (SSSR count). The first-order valence-electron chi connectivity index (χ1n) is 42.0. The minimum absolute atomic E-state index is 0.0521. The highest BCUT2D eigenvalue weighted by Crippen LogP contribution is 2.43. The van der Waals surface area contributed by atoms with Crippen molar-refractivity contribution in [1.82, 2.24) is 58.2 Å². The highest BCUT2D eigenvalue weighted by atomic mass is 19.4. The number of nitrogens with zero attached hydrogens (tertiary/aromatic N) is 11. The van der Waals surface area contributed by atoms with Crippen molar-refractivity contribution in [3.63, 3.8) is 0 Å². The van der Waals surface area contributed by atoms with Crippen molar-refractivity contribution in [3.05, 3.63) is 251 Å². The molecule has 47 heteroatoms. The van der Waals surface area contributed by atoms with Crippen LogP contribution in [0.15, 0.2) is 138 Å². The van der Waals surface area contributed by atoms with Gasteiger partial charge in [0.2, 0.25) is 0 Å². The second-order valence-corrected chi connectivity index (χ2v) is 32.6. The second kappa shape index (κ2) is 40.9. The number of amides is 3. The Labute approximate surface area is 774 Å². The summed E-state index contributed by atoms with van der Waals surface area (Å²) in [6.07, 6.45) is -16.5. The number of aryl methyl sites for hydroxylation is 4. The Bertz CT molecular complexity index is 6830. The summed E-state index contributed by atoms with van der Waals surface area (Å²) in [4.78, 5) is 121. The third-order valence-electron chi connectivity index (χ3n) is 23.5. The maximum Gasteiger partial charge on any atom is 0.418 e. The van der Waals surface area contributed by atoms with Crippen molar-refractivity contribution >= 4 is 69.1 Å². The minimum Gasteiger partial charge on any atom is -0.496 e. The van der Waals surface area contributed by atoms with Gasteiger partial charge in [-0.3, -0.25) is 43.3 Å². The summed E-state index contributed by atoms with van der Waals surface area (Å²) < 4.78 is 317. The van der Waals surface area contributed by atoms with Gasteiger partial charge < -0.3 is 67.6 Å². The number of carbonyl (C=O) groups excluding carboxylic acids is 6. The molecule has 2 aliphatic heterocycles. The first-order valence-corrected chi connectivity index (χ1v) is 42.0. The average molecular weight is 1970 g/mol. The molecule has 11 heterocycles. The normalized spacial score (nSPS) is 15.3. The summed E-state index contributed by atoms with van der Waals surface area (Å²) in [5.41, 5.74) is -5.63. The number of morpholine rings is 2. The lowest BCUT2D eigenvalue weighted by atomic mass is 9.99. The van der Waals surface area contributed by atoms with Gasteiger partial charge in [0.25, 0.3) is 28.8 Å². The summed E-state index contributed by atoms with van der Waals surface area (Å²) in [5, 5.41) is 8.81. The van der Waals surface area contributed by atoms with E-state index in [0.717, 1.165) is 40.3 Å². The number of methoxy groups -OCH3 is 1. The predicted octanol–water partition coefficient (Wildman–Crippen LogP) is 16.0. The molecule has 2 aliphatic rings. The summed E-state index contributed by atoms with van der Waals surface area (Å²) in [5.74, 6) is -14.1. The predicted molar refractivity (Wildman–Crippen MR) is 461 cm³/mol. The standard InChI is InChI=1S/C31H27F8N5O4.C31H30F5N5O5.C30H27F8N5O2/c1-15-10-20(30(34,35)36)25(29(47)42(15)3)19-5-4-17(44-7-6-40-27(19)44)13-23(16(2)45)41-28(46)26-21(32)11-18(12-22(26)33)43-8-9-48-14-24(43)31(37,38)39;1-16-11-24(45-4)26(30(44)39(16)3)20-6-5-18(41-8-7-37-28(20)41)14-23(17(2)42)38-29(43)27-21(32)12-19(13-22(27)33)40-9-10-46-15-25(40)31(34,35)36;1-5-24(30(36,37)38)41-17-11-21(31)25(22(32)12-17)28(45)42-23(16(4)44)13-18-6-7-19(27-39-8-9-43(18)27)26-20(29(33,34)35)10-14(2)15(3)40-26/h4-7,10-12,23-24H,8-9,13-14H2,1-3H3,(H,41,46);5-8,11-13,23,25H,9-10,14-15H2,1-4H3,(H,38,43);6-12,23-24,41H,5,13H2,1-4H3,(H,42,45)/t23-,24+;23-,25+;23-,24+/m000/s1. The first-order chi connectivity index (χ1) is 65.0. The largest absolute Gasteiger partial charge is 0.496 e. The summed E-state index contributed by atoms with van der Waals surface area (Å²) in [7, 11) is 4.38. The zero-order valence-corrected chi connectivity index (χ0v) is 75.0. The lowest BCUT2D eigenvalue weighted by Gasteiger charge is -2.38. The lowest BCUT2D eigenvalue weighted by molar-refractivity contribution is -0.167. The minimum atomic E-state index is -4.88. The fraction of sp³-hybridized carbons (Fsp3) is 0.348. The maximum atomic E-state index is 15.2. The number of ketones is 3. The van der Waals surface area contributed by atoms with Crippen LogP contribution in [0.5, 0.6) is 5.75 Å². The van der Waals surface area contributed by atoms with Gasteiger partial charge in [-0.2, -0.15) is 65.9 Å². The molecule has 4 N–H and O–H groups in total. The molecule has 740 valence electrons. The number of ether oxygens (including phenoxy) is 3. The maximum absolute atomic E-state index is 15.2. The van der Waals surface area contributed by atoms with Gasteiger partial charge >= 0.3 is 30.9 Å². The van der Waals surface area contributed by atoms with Gasteiger partial charge in [0.1, 0.15) is 92.4 Å². The molecule has 6 atom stereocenters. The number of anilines is 3. The Morgan fingerprint density at radius 3 is 1.18 bits per heavy atom. The third kappa shape index (κ3) is 22.3. The van der Waals surface area contributed by atoms with E-state index in [0.29, 0.717) is 81.7 Å². The number of benzene rings is 3. The number of halogens is 21. The molecule has 3 amide bonds. The van der Waals surface area contributed by atoms with Crippen LogP contribution in [0.3, 0.4) is 0 Å². The number of pyridine rings is 6. The van der Waals surface area contributed by atoms with E-state index in [-0.39, 0.29) is 96.2 Å². The first kappa shape index (κ1) is 104. The van der Waals surface area contributed by atoms with Crippen molar-refractivity contribution in [2.45, 2.75) is 148 Å². The van der Waals surface area contributed by atoms with E-state index < -0.39 is 213 Å². The Kier molecular flexibility index (Phi) is 30.5. The summed E-state index contributed by atoms with van der Waals surface area (Å²) in [6.45, 7) is 8.52. The van der Waals surface area contributed by atoms with E-state index in [4.69, 9.17) is 14.2 Å². The molecule has 2 fully saturated rings. The van der Waals surface area contributed by atoms with Crippen molar-refractivity contribution in [1.29, 1.82) is 0 Å². The number of nitrogens with one attached hydrogen (secondary N) is 4. The van der Waals surface area contributed by atoms with Crippen LogP contribution in [0, 0.1) is 62.6 Å². The molecule has 0 bridgehead atoms. The van der Waals surface area contributed by atoms with Crippen molar-refractivity contribution < 1.29 is 135 Å². The Hall–Kier alpha value is -14.2. The van der Waals surface area contributed by atoms with E-state index >= 15 is 17.6 Å². The van der Waals surface area contributed by atoms with Crippen LogP contribution in [0.25, 0.3) is 50.5 Å².